The minimum absolute atomic E-state index is 0.0421. The van der Waals surface area contributed by atoms with Crippen molar-refractivity contribution in [3.05, 3.63) is 68.4 Å². The van der Waals surface area contributed by atoms with Crippen molar-refractivity contribution in [1.29, 1.82) is 0 Å². The summed E-state index contributed by atoms with van der Waals surface area (Å²) in [4.78, 5) is 28.2. The molecule has 1 N–H and O–H groups in total. The van der Waals surface area contributed by atoms with Gasteiger partial charge in [0.1, 0.15) is 6.54 Å². The molecule has 25 heavy (non-hydrogen) atoms. The van der Waals surface area contributed by atoms with E-state index >= 15 is 0 Å². The number of amides is 1. The van der Waals surface area contributed by atoms with Gasteiger partial charge < -0.3 is 9.88 Å². The normalized spacial score (nSPS) is 10.7. The molecule has 0 aliphatic carbocycles. The van der Waals surface area contributed by atoms with Crippen molar-refractivity contribution in [1.82, 2.24) is 9.55 Å². The number of nitrogens with zero attached hydrogens (tertiary/aromatic N) is 2. The first-order valence-electron chi connectivity index (χ1n) is 7.93. The van der Waals surface area contributed by atoms with Crippen LogP contribution in [0.25, 0.3) is 11.3 Å². The van der Waals surface area contributed by atoms with Gasteiger partial charge in [0.2, 0.25) is 5.91 Å². The zero-order chi connectivity index (χ0) is 18.0. The minimum Gasteiger partial charge on any atom is -0.340 e. The number of hydrogen-bond acceptors (Lipinski definition) is 4. The molecule has 1 amide bonds. The second kappa shape index (κ2) is 7.03. The fourth-order valence-electron chi connectivity index (χ4n) is 2.70. The Morgan fingerprint density at radius 2 is 1.76 bits per heavy atom. The Morgan fingerprint density at radius 1 is 1.12 bits per heavy atom. The fourth-order valence-corrected chi connectivity index (χ4v) is 3.32. The molecular weight excluding hydrogens is 334 g/mol. The molecule has 0 spiro atoms. The number of benzene rings is 1. The van der Waals surface area contributed by atoms with Gasteiger partial charge >= 0.3 is 0 Å². The third-order valence-corrected chi connectivity index (χ3v) is 4.71. The molecule has 0 atom stereocenters. The summed E-state index contributed by atoms with van der Waals surface area (Å²) in [6.45, 7) is 5.80. The van der Waals surface area contributed by atoms with Crippen molar-refractivity contribution >= 4 is 22.9 Å². The van der Waals surface area contributed by atoms with Crippen LogP contribution < -0.4 is 10.7 Å². The first-order chi connectivity index (χ1) is 11.9. The number of carbonyl (C=O) groups is 1. The molecule has 0 unspecified atom stereocenters. The number of nitrogens with one attached hydrogen (secondary N) is 1. The third-order valence-electron chi connectivity index (χ3n) is 3.94. The van der Waals surface area contributed by atoms with Crippen molar-refractivity contribution in [2.75, 3.05) is 5.32 Å². The standard InChI is InChI=1S/C19H19N3O2S/c1-12-8-17(23)9-13(2)22(12)10-19(24)21-16-6-4-15(5-7-16)18-11-25-14(3)20-18/h4-9,11H,10H2,1-3H3,(H,21,24). The largest absolute Gasteiger partial charge is 0.340 e. The van der Waals surface area contributed by atoms with Crippen LogP contribution in [-0.2, 0) is 11.3 Å². The van der Waals surface area contributed by atoms with Gasteiger partial charge in [-0.1, -0.05) is 12.1 Å². The molecule has 0 bridgehead atoms. The van der Waals surface area contributed by atoms with Crippen LogP contribution in [0.3, 0.4) is 0 Å². The first kappa shape index (κ1) is 17.1. The number of aryl methyl sites for hydroxylation is 3. The molecule has 6 heteroatoms. The van der Waals surface area contributed by atoms with Crippen LogP contribution in [0.1, 0.15) is 16.4 Å². The molecule has 3 rings (SSSR count). The number of hydrogen-bond donors (Lipinski definition) is 1. The molecule has 1 aromatic carbocycles. The van der Waals surface area contributed by atoms with Crippen LogP contribution in [0.2, 0.25) is 0 Å². The van der Waals surface area contributed by atoms with Crippen molar-refractivity contribution in [3.63, 3.8) is 0 Å². The van der Waals surface area contributed by atoms with E-state index in [1.54, 1.807) is 11.3 Å². The molecular formula is C19H19N3O2S. The van der Waals surface area contributed by atoms with Crippen LogP contribution in [0.4, 0.5) is 5.69 Å². The van der Waals surface area contributed by atoms with Crippen LogP contribution in [-0.4, -0.2) is 15.5 Å². The van der Waals surface area contributed by atoms with Crippen molar-refractivity contribution in [2.45, 2.75) is 27.3 Å². The number of carbonyl (C=O) groups excluding carboxylic acids is 1. The Labute approximate surface area is 150 Å². The molecule has 2 aromatic heterocycles. The van der Waals surface area contributed by atoms with E-state index in [1.165, 1.54) is 12.1 Å². The number of rotatable bonds is 4. The van der Waals surface area contributed by atoms with E-state index in [9.17, 15) is 9.59 Å². The number of pyridine rings is 1. The topological polar surface area (TPSA) is 64.0 Å². The molecule has 128 valence electrons. The Balaban J connectivity index is 1.70. The summed E-state index contributed by atoms with van der Waals surface area (Å²) in [5, 5.41) is 5.93. The predicted molar refractivity (Wildman–Crippen MR) is 101 cm³/mol. The maximum absolute atomic E-state index is 12.3. The van der Waals surface area contributed by atoms with E-state index in [-0.39, 0.29) is 17.9 Å². The molecule has 0 saturated heterocycles. The second-order valence-electron chi connectivity index (χ2n) is 5.94. The van der Waals surface area contributed by atoms with Gasteiger partial charge in [-0.05, 0) is 32.9 Å². The Hall–Kier alpha value is -2.73. The van der Waals surface area contributed by atoms with Crippen molar-refractivity contribution < 1.29 is 4.79 Å². The smallest absolute Gasteiger partial charge is 0.244 e. The summed E-state index contributed by atoms with van der Waals surface area (Å²) in [5.41, 5.74) is 4.20. The number of thiazole rings is 1. The lowest BCUT2D eigenvalue weighted by Crippen LogP contribution is -2.23. The Kier molecular flexibility index (Phi) is 4.81. The molecule has 0 radical (unpaired) electrons. The summed E-state index contributed by atoms with van der Waals surface area (Å²) < 4.78 is 1.82. The van der Waals surface area contributed by atoms with Gasteiger partial charge in [0, 0.05) is 40.2 Å². The second-order valence-corrected chi connectivity index (χ2v) is 7.00. The Bertz CT molecular complexity index is 945. The highest BCUT2D eigenvalue weighted by atomic mass is 32.1. The van der Waals surface area contributed by atoms with Crippen molar-refractivity contribution in [2.24, 2.45) is 0 Å². The van der Waals surface area contributed by atoms with Gasteiger partial charge in [-0.25, -0.2) is 4.98 Å². The zero-order valence-corrected chi connectivity index (χ0v) is 15.2. The maximum Gasteiger partial charge on any atom is 0.244 e. The molecule has 0 fully saturated rings. The SMILES string of the molecule is Cc1nc(-c2ccc(NC(=O)Cn3c(C)cc(=O)cc3C)cc2)cs1. The van der Waals surface area contributed by atoms with Gasteiger partial charge in [0.05, 0.1) is 10.7 Å². The summed E-state index contributed by atoms with van der Waals surface area (Å²) in [7, 11) is 0. The maximum atomic E-state index is 12.3. The number of aromatic nitrogens is 2. The summed E-state index contributed by atoms with van der Waals surface area (Å²) >= 11 is 1.61. The van der Waals surface area contributed by atoms with Crippen LogP contribution in [0.5, 0.6) is 0 Å². The van der Waals surface area contributed by atoms with Gasteiger partial charge in [-0.15, -0.1) is 11.3 Å². The highest BCUT2D eigenvalue weighted by Crippen LogP contribution is 2.23. The summed E-state index contributed by atoms with van der Waals surface area (Å²) in [5.74, 6) is -0.132. The van der Waals surface area contributed by atoms with Gasteiger partial charge in [-0.2, -0.15) is 0 Å². The van der Waals surface area contributed by atoms with Gasteiger partial charge in [0.15, 0.2) is 5.43 Å². The lowest BCUT2D eigenvalue weighted by Gasteiger charge is -2.14. The fraction of sp³-hybridized carbons (Fsp3) is 0.211. The summed E-state index contributed by atoms with van der Waals surface area (Å²) in [6, 6.07) is 10.7. The molecule has 0 saturated carbocycles. The summed E-state index contributed by atoms with van der Waals surface area (Å²) in [6.07, 6.45) is 0. The Morgan fingerprint density at radius 3 is 2.32 bits per heavy atom. The highest BCUT2D eigenvalue weighted by Gasteiger charge is 2.08. The van der Waals surface area contributed by atoms with E-state index in [2.05, 4.69) is 10.3 Å². The molecule has 3 aromatic rings. The molecule has 2 heterocycles. The average molecular weight is 353 g/mol. The number of anilines is 1. The van der Waals surface area contributed by atoms with Gasteiger partial charge in [-0.3, -0.25) is 9.59 Å². The highest BCUT2D eigenvalue weighted by molar-refractivity contribution is 7.09. The first-order valence-corrected chi connectivity index (χ1v) is 8.81. The molecule has 0 aliphatic heterocycles. The van der Waals surface area contributed by atoms with E-state index in [1.807, 2.05) is 55.0 Å². The van der Waals surface area contributed by atoms with E-state index in [0.717, 1.165) is 33.3 Å². The third kappa shape index (κ3) is 4.03. The van der Waals surface area contributed by atoms with E-state index < -0.39 is 0 Å². The predicted octanol–water partition coefficient (Wildman–Crippen LogP) is 3.54. The zero-order valence-electron chi connectivity index (χ0n) is 14.4. The average Bonchev–Trinajstić information content (AvgIpc) is 2.98. The van der Waals surface area contributed by atoms with Crippen LogP contribution in [0, 0.1) is 20.8 Å². The minimum atomic E-state index is -0.132. The quantitative estimate of drug-likeness (QED) is 0.780. The van der Waals surface area contributed by atoms with Crippen LogP contribution >= 0.6 is 11.3 Å². The molecule has 5 nitrogen and oxygen atoms in total. The monoisotopic (exact) mass is 353 g/mol. The molecule has 0 aliphatic rings. The van der Waals surface area contributed by atoms with Crippen LogP contribution in [0.15, 0.2) is 46.6 Å². The van der Waals surface area contributed by atoms with Gasteiger partial charge in [0.25, 0.3) is 0 Å². The lowest BCUT2D eigenvalue weighted by molar-refractivity contribution is -0.116. The van der Waals surface area contributed by atoms with E-state index in [0.29, 0.717) is 0 Å². The lowest BCUT2D eigenvalue weighted by atomic mass is 10.1. The van der Waals surface area contributed by atoms with Crippen molar-refractivity contribution in [3.8, 4) is 11.3 Å². The van der Waals surface area contributed by atoms with E-state index in [4.69, 9.17) is 0 Å².